The minimum absolute atomic E-state index is 0.0301. The summed E-state index contributed by atoms with van der Waals surface area (Å²) in [7, 11) is 1.16. The molecule has 0 spiro atoms. The lowest BCUT2D eigenvalue weighted by atomic mass is 10.2. The summed E-state index contributed by atoms with van der Waals surface area (Å²) in [6.07, 6.45) is 0.530. The molecule has 6 heteroatoms. The first kappa shape index (κ1) is 17.6. The van der Waals surface area contributed by atoms with Gasteiger partial charge in [0, 0.05) is 13.0 Å². The van der Waals surface area contributed by atoms with E-state index in [-0.39, 0.29) is 35.5 Å². The van der Waals surface area contributed by atoms with E-state index in [0.717, 1.165) is 6.42 Å². The highest BCUT2D eigenvalue weighted by Gasteiger charge is 2.51. The van der Waals surface area contributed by atoms with Gasteiger partial charge in [0.15, 0.2) is 8.32 Å². The molecule has 3 atom stereocenters. The van der Waals surface area contributed by atoms with E-state index in [1.54, 1.807) is 7.05 Å². The Morgan fingerprint density at radius 2 is 2.00 bits per heavy atom. The lowest BCUT2D eigenvalue weighted by molar-refractivity contribution is -0.170. The lowest BCUT2D eigenvalue weighted by Crippen LogP contribution is -2.46. The summed E-state index contributed by atoms with van der Waals surface area (Å²) < 4.78 is 6.25. The van der Waals surface area contributed by atoms with Crippen molar-refractivity contribution in [2.75, 3.05) is 20.8 Å². The number of hydroxylamine groups is 2. The zero-order valence-electron chi connectivity index (χ0n) is 13.8. The number of aliphatic hydroxyl groups is 1. The third-order valence-corrected chi connectivity index (χ3v) is 9.16. The minimum atomic E-state index is -1.93. The number of hydrogen-bond acceptors (Lipinski definition) is 4. The van der Waals surface area contributed by atoms with Crippen LogP contribution in [-0.4, -0.2) is 51.3 Å². The summed E-state index contributed by atoms with van der Waals surface area (Å²) in [4.78, 5) is 16.9. The molecule has 0 bridgehead atoms. The van der Waals surface area contributed by atoms with Crippen molar-refractivity contribution in [3.8, 4) is 0 Å². The smallest absolute Gasteiger partial charge is 0.249 e. The Morgan fingerprint density at radius 1 is 1.45 bits per heavy atom. The number of hydrogen-bond donors (Lipinski definition) is 1. The summed E-state index contributed by atoms with van der Waals surface area (Å²) in [5.41, 5.74) is 0. The van der Waals surface area contributed by atoms with E-state index in [1.807, 2.05) is 0 Å². The Morgan fingerprint density at radius 3 is 2.40 bits per heavy atom. The number of aliphatic hydroxyl groups excluding tert-OH is 1. The van der Waals surface area contributed by atoms with Gasteiger partial charge >= 0.3 is 0 Å². The van der Waals surface area contributed by atoms with Crippen molar-refractivity contribution < 1.29 is 19.2 Å². The van der Waals surface area contributed by atoms with Crippen LogP contribution in [0.1, 0.15) is 27.2 Å². The molecule has 1 fully saturated rings. The molecule has 0 unspecified atom stereocenters. The van der Waals surface area contributed by atoms with Crippen molar-refractivity contribution in [3.05, 3.63) is 0 Å². The number of carbonyl (C=O) groups excluding carboxylic acids is 1. The maximum absolute atomic E-state index is 12.0. The highest BCUT2D eigenvalue weighted by atomic mass is 28.4. The molecule has 1 amide bonds. The summed E-state index contributed by atoms with van der Waals surface area (Å²) in [5, 5.41) is 11.0. The van der Waals surface area contributed by atoms with E-state index in [9.17, 15) is 9.90 Å². The van der Waals surface area contributed by atoms with Gasteiger partial charge in [-0.05, 0) is 30.5 Å². The molecule has 0 aromatic rings. The van der Waals surface area contributed by atoms with Crippen molar-refractivity contribution >= 4 is 14.2 Å². The number of nitrogens with zero attached hydrogens (tertiary/aromatic N) is 1. The number of amides is 1. The zero-order chi connectivity index (χ0) is 15.7. The number of rotatable bonds is 6. The first-order valence-corrected chi connectivity index (χ1v) is 10.1. The Kier molecular flexibility index (Phi) is 5.40. The second-order valence-electron chi connectivity index (χ2n) is 7.12. The fourth-order valence-electron chi connectivity index (χ4n) is 2.05. The quantitative estimate of drug-likeness (QED) is 0.602. The standard InChI is InChI=1S/C14H29NO4Si/c1-14(2,3)20(6,7)19-12(9-16)10-8-11(10)13(17)15(4)18-5/h10-12,16H,8-9H2,1-7H3/t10-,11-,12-/m1/s1. The van der Waals surface area contributed by atoms with Gasteiger partial charge in [-0.15, -0.1) is 0 Å². The van der Waals surface area contributed by atoms with Gasteiger partial charge in [-0.3, -0.25) is 9.63 Å². The van der Waals surface area contributed by atoms with Gasteiger partial charge in [-0.25, -0.2) is 5.06 Å². The predicted molar refractivity (Wildman–Crippen MR) is 80.5 cm³/mol. The summed E-state index contributed by atoms with van der Waals surface area (Å²) in [6, 6.07) is 0. The van der Waals surface area contributed by atoms with Crippen molar-refractivity contribution in [1.82, 2.24) is 5.06 Å². The van der Waals surface area contributed by atoms with E-state index in [0.29, 0.717) is 0 Å². The molecule has 0 aromatic heterocycles. The summed E-state index contributed by atoms with van der Waals surface area (Å²) in [5.74, 6) is -0.00382. The van der Waals surface area contributed by atoms with Gasteiger partial charge in [0.25, 0.3) is 0 Å². The van der Waals surface area contributed by atoms with Crippen LogP contribution in [0.3, 0.4) is 0 Å². The van der Waals surface area contributed by atoms with Gasteiger partial charge in [-0.2, -0.15) is 0 Å². The molecule has 0 radical (unpaired) electrons. The van der Waals surface area contributed by atoms with E-state index in [4.69, 9.17) is 9.26 Å². The van der Waals surface area contributed by atoms with E-state index in [1.165, 1.54) is 12.2 Å². The van der Waals surface area contributed by atoms with Gasteiger partial charge in [0.05, 0.1) is 19.8 Å². The molecule has 1 aliphatic carbocycles. The second kappa shape index (κ2) is 6.13. The third kappa shape index (κ3) is 3.81. The topological polar surface area (TPSA) is 59.0 Å². The molecule has 0 aliphatic heterocycles. The Bertz CT molecular complexity index is 354. The monoisotopic (exact) mass is 303 g/mol. The van der Waals surface area contributed by atoms with Crippen molar-refractivity contribution in [2.24, 2.45) is 11.8 Å². The van der Waals surface area contributed by atoms with Gasteiger partial charge in [0.1, 0.15) is 0 Å². The average molecular weight is 303 g/mol. The molecule has 5 nitrogen and oxygen atoms in total. The van der Waals surface area contributed by atoms with E-state index in [2.05, 4.69) is 33.9 Å². The molecule has 1 aliphatic rings. The first-order chi connectivity index (χ1) is 9.05. The minimum Gasteiger partial charge on any atom is -0.411 e. The van der Waals surface area contributed by atoms with Crippen LogP contribution in [0.2, 0.25) is 18.1 Å². The Balaban J connectivity index is 2.65. The Hall–Kier alpha value is -0.433. The molecule has 0 aromatic carbocycles. The van der Waals surface area contributed by atoms with Gasteiger partial charge < -0.3 is 9.53 Å². The molecular formula is C14H29NO4Si. The molecule has 0 heterocycles. The van der Waals surface area contributed by atoms with E-state index < -0.39 is 8.32 Å². The SMILES string of the molecule is CON(C)C(=O)[C@@H]1C[C@H]1[C@@H](CO)O[Si](C)(C)C(C)(C)C. The maximum atomic E-state index is 12.0. The number of carbonyl (C=O) groups is 1. The normalized spacial score (nSPS) is 24.4. The van der Waals surface area contributed by atoms with Gasteiger partial charge in [0.2, 0.25) is 5.91 Å². The summed E-state index contributed by atoms with van der Waals surface area (Å²) >= 11 is 0. The predicted octanol–water partition coefficient (Wildman–Crippen LogP) is 2.02. The van der Waals surface area contributed by atoms with Crippen molar-refractivity contribution in [3.63, 3.8) is 0 Å². The highest BCUT2D eigenvalue weighted by molar-refractivity contribution is 6.74. The van der Waals surface area contributed by atoms with Crippen LogP contribution in [0.25, 0.3) is 0 Å². The van der Waals surface area contributed by atoms with Crippen LogP contribution in [-0.2, 0) is 14.1 Å². The van der Waals surface area contributed by atoms with Crippen LogP contribution < -0.4 is 0 Å². The van der Waals surface area contributed by atoms with Crippen LogP contribution >= 0.6 is 0 Å². The zero-order valence-corrected chi connectivity index (χ0v) is 14.8. The fraction of sp³-hybridized carbons (Fsp3) is 0.929. The molecule has 20 heavy (non-hydrogen) atoms. The first-order valence-electron chi connectivity index (χ1n) is 7.15. The van der Waals surface area contributed by atoms with Crippen molar-refractivity contribution in [2.45, 2.75) is 51.4 Å². The molecule has 1 rings (SSSR count). The van der Waals surface area contributed by atoms with Crippen molar-refractivity contribution in [1.29, 1.82) is 0 Å². The van der Waals surface area contributed by atoms with E-state index >= 15 is 0 Å². The molecular weight excluding hydrogens is 274 g/mol. The second-order valence-corrected chi connectivity index (χ2v) is 11.9. The summed E-state index contributed by atoms with van der Waals surface area (Å²) in [6.45, 7) is 10.8. The highest BCUT2D eigenvalue weighted by Crippen LogP contribution is 2.46. The average Bonchev–Trinajstić information content (AvgIpc) is 3.12. The van der Waals surface area contributed by atoms with Crippen LogP contribution in [0.5, 0.6) is 0 Å². The maximum Gasteiger partial charge on any atom is 0.249 e. The van der Waals surface area contributed by atoms with Gasteiger partial charge in [-0.1, -0.05) is 20.8 Å². The molecule has 1 N–H and O–H groups in total. The van der Waals surface area contributed by atoms with Crippen LogP contribution in [0.15, 0.2) is 0 Å². The lowest BCUT2D eigenvalue weighted by Gasteiger charge is -2.39. The largest absolute Gasteiger partial charge is 0.411 e. The molecule has 118 valence electrons. The fourth-order valence-corrected chi connectivity index (χ4v) is 3.41. The molecule has 0 saturated heterocycles. The molecule has 1 saturated carbocycles. The van der Waals surface area contributed by atoms with Crippen LogP contribution in [0, 0.1) is 11.8 Å². The Labute approximate surface area is 123 Å². The third-order valence-electron chi connectivity index (χ3n) is 4.65. The van der Waals surface area contributed by atoms with Crippen LogP contribution in [0.4, 0.5) is 0 Å².